The Morgan fingerprint density at radius 1 is 1.04 bits per heavy atom. The molecule has 0 spiro atoms. The van der Waals surface area contributed by atoms with E-state index in [0.717, 1.165) is 61.8 Å². The van der Waals surface area contributed by atoms with Gasteiger partial charge >= 0.3 is 5.97 Å². The van der Waals surface area contributed by atoms with Crippen LogP contribution in [-0.4, -0.2) is 42.2 Å². The zero-order valence-electron chi connectivity index (χ0n) is 15.2. The Balaban J connectivity index is 0.00000210. The zero-order valence-corrected chi connectivity index (χ0v) is 16.0. The molecule has 4 rings (SSSR count). The third-order valence-corrected chi connectivity index (χ3v) is 5.24. The minimum absolute atomic E-state index is 0. The number of ether oxygens (including phenoxy) is 1. The van der Waals surface area contributed by atoms with Crippen LogP contribution in [0.2, 0.25) is 0 Å². The third-order valence-electron chi connectivity index (χ3n) is 5.24. The molecule has 1 fully saturated rings. The molecule has 1 saturated heterocycles. The Labute approximate surface area is 166 Å². The maximum absolute atomic E-state index is 11.2. The SMILES string of the molecule is Cl.O=C(O)[C@@H]1CCCN(CCCN2c3ccccc3Oc3ccccc32)C1. The van der Waals surface area contributed by atoms with Crippen molar-refractivity contribution in [2.45, 2.75) is 19.3 Å². The molecule has 2 aliphatic rings. The molecule has 0 aliphatic carbocycles. The lowest BCUT2D eigenvalue weighted by Crippen LogP contribution is -2.39. The number of rotatable bonds is 5. The number of hydrogen-bond donors (Lipinski definition) is 1. The van der Waals surface area contributed by atoms with Crippen molar-refractivity contribution >= 4 is 29.8 Å². The summed E-state index contributed by atoms with van der Waals surface area (Å²) >= 11 is 0. The lowest BCUT2D eigenvalue weighted by molar-refractivity contribution is -0.143. The first-order chi connectivity index (χ1) is 12.7. The summed E-state index contributed by atoms with van der Waals surface area (Å²) in [5, 5.41) is 9.25. The monoisotopic (exact) mass is 388 g/mol. The number of fused-ring (bicyclic) bond motifs is 2. The number of likely N-dealkylation sites (tertiary alicyclic amines) is 1. The predicted molar refractivity (Wildman–Crippen MR) is 109 cm³/mol. The molecule has 0 bridgehead atoms. The van der Waals surface area contributed by atoms with Crippen LogP contribution in [0.25, 0.3) is 0 Å². The molecule has 0 unspecified atom stereocenters. The van der Waals surface area contributed by atoms with Gasteiger partial charge in [0.2, 0.25) is 0 Å². The van der Waals surface area contributed by atoms with Gasteiger partial charge in [0.15, 0.2) is 11.5 Å². The second-order valence-corrected chi connectivity index (χ2v) is 7.02. The van der Waals surface area contributed by atoms with E-state index in [1.165, 1.54) is 0 Å². The highest BCUT2D eigenvalue weighted by molar-refractivity contribution is 5.85. The number of piperidine rings is 1. The maximum Gasteiger partial charge on any atom is 0.307 e. The van der Waals surface area contributed by atoms with Crippen molar-refractivity contribution in [3.8, 4) is 11.5 Å². The van der Waals surface area contributed by atoms with Gasteiger partial charge in [-0.25, -0.2) is 0 Å². The summed E-state index contributed by atoms with van der Waals surface area (Å²) in [6.07, 6.45) is 2.76. The highest BCUT2D eigenvalue weighted by Crippen LogP contribution is 2.46. The topological polar surface area (TPSA) is 53.0 Å². The smallest absolute Gasteiger partial charge is 0.307 e. The van der Waals surface area contributed by atoms with Crippen LogP contribution in [0, 0.1) is 5.92 Å². The molecule has 1 N–H and O–H groups in total. The fourth-order valence-corrected chi connectivity index (χ4v) is 3.93. The van der Waals surface area contributed by atoms with Gasteiger partial charge in [0, 0.05) is 13.1 Å². The van der Waals surface area contributed by atoms with Gasteiger partial charge in [-0.05, 0) is 56.6 Å². The Morgan fingerprint density at radius 2 is 1.67 bits per heavy atom. The minimum atomic E-state index is -0.661. The van der Waals surface area contributed by atoms with Crippen molar-refractivity contribution in [3.63, 3.8) is 0 Å². The average molecular weight is 389 g/mol. The Hall–Kier alpha value is -2.24. The van der Waals surface area contributed by atoms with E-state index in [4.69, 9.17) is 4.74 Å². The van der Waals surface area contributed by atoms with Crippen LogP contribution >= 0.6 is 12.4 Å². The van der Waals surface area contributed by atoms with E-state index in [9.17, 15) is 9.90 Å². The van der Waals surface area contributed by atoms with E-state index in [1.807, 2.05) is 36.4 Å². The average Bonchev–Trinajstić information content (AvgIpc) is 2.67. The van der Waals surface area contributed by atoms with Crippen molar-refractivity contribution in [3.05, 3.63) is 48.5 Å². The van der Waals surface area contributed by atoms with Crippen molar-refractivity contribution < 1.29 is 14.6 Å². The number of nitrogens with zero attached hydrogens (tertiary/aromatic N) is 2. The van der Waals surface area contributed by atoms with Crippen LogP contribution in [0.4, 0.5) is 11.4 Å². The first kappa shape index (κ1) is 19.5. The molecule has 0 radical (unpaired) electrons. The van der Waals surface area contributed by atoms with Crippen LogP contribution in [0.3, 0.4) is 0 Å². The molecular formula is C21H25ClN2O3. The number of anilines is 2. The molecule has 2 aromatic rings. The minimum Gasteiger partial charge on any atom is -0.481 e. The van der Waals surface area contributed by atoms with Gasteiger partial charge in [0.1, 0.15) is 0 Å². The van der Waals surface area contributed by atoms with E-state index < -0.39 is 5.97 Å². The summed E-state index contributed by atoms with van der Waals surface area (Å²) < 4.78 is 6.03. The molecule has 2 aliphatic heterocycles. The molecule has 27 heavy (non-hydrogen) atoms. The van der Waals surface area contributed by atoms with Crippen LogP contribution < -0.4 is 9.64 Å². The molecule has 1 atom stereocenters. The molecule has 6 heteroatoms. The lowest BCUT2D eigenvalue weighted by Gasteiger charge is -2.34. The van der Waals surface area contributed by atoms with Crippen molar-refractivity contribution in [1.82, 2.24) is 4.90 Å². The Morgan fingerprint density at radius 3 is 2.30 bits per heavy atom. The van der Waals surface area contributed by atoms with Crippen molar-refractivity contribution in [1.29, 1.82) is 0 Å². The summed E-state index contributed by atoms with van der Waals surface area (Å²) in [6, 6.07) is 16.2. The highest BCUT2D eigenvalue weighted by atomic mass is 35.5. The van der Waals surface area contributed by atoms with Crippen LogP contribution in [0.5, 0.6) is 11.5 Å². The van der Waals surface area contributed by atoms with E-state index in [2.05, 4.69) is 21.9 Å². The first-order valence-corrected chi connectivity index (χ1v) is 9.31. The van der Waals surface area contributed by atoms with Crippen molar-refractivity contribution in [2.24, 2.45) is 5.92 Å². The van der Waals surface area contributed by atoms with Crippen molar-refractivity contribution in [2.75, 3.05) is 31.1 Å². The molecule has 144 valence electrons. The maximum atomic E-state index is 11.2. The quantitative estimate of drug-likeness (QED) is 0.814. The molecule has 5 nitrogen and oxygen atoms in total. The second-order valence-electron chi connectivity index (χ2n) is 7.02. The fraction of sp³-hybridized carbons (Fsp3) is 0.381. The van der Waals surface area contributed by atoms with Gasteiger partial charge in [-0.1, -0.05) is 24.3 Å². The molecule has 0 amide bonds. The normalized spacial score (nSPS) is 18.7. The number of halogens is 1. The lowest BCUT2D eigenvalue weighted by atomic mass is 9.98. The summed E-state index contributed by atoms with van der Waals surface area (Å²) in [5.74, 6) is 0.893. The van der Waals surface area contributed by atoms with E-state index >= 15 is 0 Å². The number of aliphatic carboxylic acids is 1. The van der Waals surface area contributed by atoms with Gasteiger partial charge in [0.25, 0.3) is 0 Å². The molecule has 2 heterocycles. The number of carbonyl (C=O) groups is 1. The predicted octanol–water partition coefficient (Wildman–Crippen LogP) is 4.54. The van der Waals surface area contributed by atoms with Gasteiger partial charge in [-0.15, -0.1) is 12.4 Å². The molecule has 2 aromatic carbocycles. The van der Waals surface area contributed by atoms with E-state index in [-0.39, 0.29) is 18.3 Å². The van der Waals surface area contributed by atoms with Crippen LogP contribution in [-0.2, 0) is 4.79 Å². The molecular weight excluding hydrogens is 364 g/mol. The number of carboxylic acid groups (broad SMARTS) is 1. The third kappa shape index (κ3) is 4.20. The Bertz CT molecular complexity index is 753. The van der Waals surface area contributed by atoms with Crippen LogP contribution in [0.1, 0.15) is 19.3 Å². The number of benzene rings is 2. The highest BCUT2D eigenvalue weighted by Gasteiger charge is 2.26. The van der Waals surface area contributed by atoms with Gasteiger partial charge in [-0.3, -0.25) is 4.79 Å². The summed E-state index contributed by atoms with van der Waals surface area (Å²) in [7, 11) is 0. The van der Waals surface area contributed by atoms with Gasteiger partial charge < -0.3 is 19.6 Å². The Kier molecular flexibility index (Phi) is 6.24. The van der Waals surface area contributed by atoms with Gasteiger partial charge in [0.05, 0.1) is 17.3 Å². The van der Waals surface area contributed by atoms with Crippen LogP contribution in [0.15, 0.2) is 48.5 Å². The largest absolute Gasteiger partial charge is 0.481 e. The number of carboxylic acids is 1. The second kappa shape index (κ2) is 8.63. The first-order valence-electron chi connectivity index (χ1n) is 9.31. The summed E-state index contributed by atoms with van der Waals surface area (Å²) in [6.45, 7) is 3.47. The van der Waals surface area contributed by atoms with E-state index in [1.54, 1.807) is 0 Å². The number of hydrogen-bond acceptors (Lipinski definition) is 4. The zero-order chi connectivity index (χ0) is 17.9. The summed E-state index contributed by atoms with van der Waals surface area (Å²) in [5.41, 5.74) is 2.18. The molecule has 0 saturated carbocycles. The number of para-hydroxylation sites is 4. The molecule has 0 aromatic heterocycles. The standard InChI is InChI=1S/C21H24N2O3.ClH/c24-21(25)16-7-5-12-22(15-16)13-6-14-23-17-8-1-3-10-19(17)26-20-11-4-2-9-18(20)23;/h1-4,8-11,16H,5-7,12-15H2,(H,24,25);1H/t16-;/m1./s1. The van der Waals surface area contributed by atoms with Gasteiger partial charge in [-0.2, -0.15) is 0 Å². The summed E-state index contributed by atoms with van der Waals surface area (Å²) in [4.78, 5) is 15.9. The fourth-order valence-electron chi connectivity index (χ4n) is 3.93. The van der Waals surface area contributed by atoms with E-state index in [0.29, 0.717) is 6.54 Å².